The molecule has 20 aromatic carbocycles. The normalized spacial score (nSPS) is 10.6. The number of hydrogen-bond donors (Lipinski definition) is 2. The van der Waals surface area contributed by atoms with Gasteiger partial charge in [-0.05, 0) is 325 Å². The van der Waals surface area contributed by atoms with E-state index in [9.17, 15) is 0 Å². The van der Waals surface area contributed by atoms with Gasteiger partial charge in [-0.15, -0.1) is 0 Å². The zero-order chi connectivity index (χ0) is 100.0. The van der Waals surface area contributed by atoms with Crippen LogP contribution in [0.2, 0.25) is 0 Å². The van der Waals surface area contributed by atoms with Crippen molar-refractivity contribution in [1.29, 1.82) is 0 Å². The number of aromatic nitrogens is 2. The molecule has 0 saturated heterocycles. The van der Waals surface area contributed by atoms with Crippen LogP contribution in [0.25, 0.3) is 89.6 Å². The summed E-state index contributed by atoms with van der Waals surface area (Å²) >= 11 is 12.6. The first-order valence-corrected chi connectivity index (χ1v) is 50.5. The van der Waals surface area contributed by atoms with E-state index in [-0.39, 0.29) is 11.0 Å². The lowest BCUT2D eigenvalue weighted by Crippen LogP contribution is -2.44. The lowest BCUT2D eigenvalue weighted by atomic mass is 9.90. The molecule has 2 heterocycles. The molecule has 0 unspecified atom stereocenters. The Morgan fingerprint density at radius 3 is 0.575 bits per heavy atom. The van der Waals surface area contributed by atoms with Crippen molar-refractivity contribution in [3.8, 4) is 67.4 Å². The second-order valence-corrected chi connectivity index (χ2v) is 38.6. The number of aliphatic hydroxyl groups is 2. The maximum absolute atomic E-state index is 9.10. The van der Waals surface area contributed by atoms with Crippen LogP contribution in [-0.4, -0.2) is 58.0 Å². The highest BCUT2D eigenvalue weighted by atomic mass is 127. The number of halogens is 4. The zero-order valence-electron chi connectivity index (χ0n) is 80.9. The average Bonchev–Trinajstić information content (AvgIpc) is 1.17. The van der Waals surface area contributed by atoms with Crippen LogP contribution < -0.4 is 30.5 Å². The first-order valence-electron chi connectivity index (χ1n) is 47.1. The molecular weight excluding hydrogens is 2110 g/mol. The summed E-state index contributed by atoms with van der Waals surface area (Å²) in [5, 5.41) is 18.2. The Morgan fingerprint density at radius 1 is 0.212 bits per heavy atom. The predicted molar refractivity (Wildman–Crippen MR) is 632 cm³/mol. The van der Waals surface area contributed by atoms with Crippen LogP contribution in [0.3, 0.4) is 0 Å². The quantitative estimate of drug-likeness (QED) is 0.0587. The van der Waals surface area contributed by atoms with Crippen LogP contribution in [0.1, 0.15) is 27.7 Å². The minimum atomic E-state index is -1.01. The van der Waals surface area contributed by atoms with Crippen LogP contribution in [0.4, 0.5) is 68.2 Å². The van der Waals surface area contributed by atoms with Gasteiger partial charge in [-0.25, -0.2) is 9.97 Å². The molecule has 0 aliphatic carbocycles. The van der Waals surface area contributed by atoms with Crippen LogP contribution in [0, 0.1) is 3.57 Å². The number of oxazole rings is 2. The first-order chi connectivity index (χ1) is 70.1. The summed E-state index contributed by atoms with van der Waals surface area (Å²) in [6.45, 7) is 6.31. The van der Waals surface area contributed by atoms with E-state index in [1.165, 1.54) is 42.5 Å². The minimum Gasteiger partial charge on any atom is -0.436 e. The molecule has 18 heteroatoms. The van der Waals surface area contributed by atoms with Gasteiger partial charge in [-0.3, -0.25) is 0 Å². The third-order valence-corrected chi connectivity index (χ3v) is 26.0. The fourth-order valence-electron chi connectivity index (χ4n) is 15.4. The number of para-hydroxylation sites is 12. The maximum Gasteiger partial charge on any atom is 0.227 e. The minimum absolute atomic E-state index is 0. The van der Waals surface area contributed by atoms with Gasteiger partial charge >= 0.3 is 0 Å². The highest BCUT2D eigenvalue weighted by Gasteiger charge is 2.32. The van der Waals surface area contributed by atoms with Crippen molar-refractivity contribution in [3.63, 3.8) is 0 Å². The van der Waals surface area contributed by atoms with E-state index >= 15 is 0 Å². The van der Waals surface area contributed by atoms with E-state index in [2.05, 4.69) is 452 Å². The molecule has 4 radical (unpaired) electrons. The molecule has 22 rings (SSSR count). The SMILES string of the molecule is Brc1ccc(-c2ccc(N(c3ccccc3)c3ccccc3)cc2)cc1.Brc1ccc(-c2ccc(N(c3ccccc3)c3ccccc3)cc2)cc1.Brc1ccc(I)cc1.CC(C)(O)C(C)(C)O.O.O.[B]c1ccc(-c2nc3ccccc3o2)cc1.[B]c1ccc(N(c2ccccc2)c2ccccc2)cc1.c1ccc(N(c2ccccc2)c2ccc(-c3ccc(-c4ccc(-c5nc6ccccc6o5)cc4)cc3)cc2)cc1. The van der Waals surface area contributed by atoms with Gasteiger partial charge in [0.25, 0.3) is 0 Å². The van der Waals surface area contributed by atoms with Gasteiger partial charge < -0.3 is 49.6 Å². The van der Waals surface area contributed by atoms with Crippen LogP contribution in [0.15, 0.2) is 556 Å². The van der Waals surface area contributed by atoms with Gasteiger partial charge in [-0.2, -0.15) is 0 Å². The molecule has 12 nitrogen and oxygen atoms in total. The van der Waals surface area contributed by atoms with Crippen molar-refractivity contribution >= 4 is 187 Å². The summed E-state index contributed by atoms with van der Waals surface area (Å²) in [5.74, 6) is 1.27. The molecule has 0 aliphatic rings. The van der Waals surface area contributed by atoms with E-state index in [4.69, 9.17) is 34.7 Å². The van der Waals surface area contributed by atoms with Crippen molar-refractivity contribution in [1.82, 2.24) is 9.97 Å². The molecule has 22 aromatic rings. The number of fused-ring (bicyclic) bond motifs is 2. The van der Waals surface area contributed by atoms with Gasteiger partial charge in [0.2, 0.25) is 11.8 Å². The molecule has 0 amide bonds. The largest absolute Gasteiger partial charge is 0.436 e. The molecule has 0 aliphatic heterocycles. The Bertz CT molecular complexity index is 7260. The summed E-state index contributed by atoms with van der Waals surface area (Å²) in [6, 6.07) is 183. The number of benzene rings is 20. The Morgan fingerprint density at radius 2 is 0.370 bits per heavy atom. The Hall–Kier alpha value is -15.3. The molecular formula is C128H106B2Br3IN6O6. The second-order valence-electron chi connectivity index (χ2n) is 34.6. The standard InChI is InChI=1S/C37H26N2O.2C24H18BrN.C18H14BN.C13H8BNO.C6H4BrI.C6H14O2.2H2O/c1-3-9-32(10-4-1)39(33-11-5-2-6-12-33)34-25-23-30(24-26-34)28-17-15-27(16-18-28)29-19-21-31(22-20-29)37-38-35-13-7-8-14-36(35)40-37;2*25-21-15-11-19(12-16-21)20-13-17-24(18-14-20)26(22-7-3-1-4-8-22)23-9-5-2-6-10-23;19-15-11-13-18(14-12-15)20(16-7-3-1-4-8-16)17-9-5-2-6-10-17;14-10-7-5-9(6-8-10)13-15-11-3-1-2-4-12(11)16-13;7-5-1-3-6(8)4-2-5;1-5(2,7)6(3,4)8;;/h1-26H;2*1-18H;1-14H;1-8H;1-4H;7-8H,1-4H3;2*1H2. The number of rotatable bonds is 19. The molecule has 0 saturated carbocycles. The third-order valence-electron chi connectivity index (χ3n) is 23.7. The fourth-order valence-corrected chi connectivity index (χ4v) is 16.6. The lowest BCUT2D eigenvalue weighted by molar-refractivity contribution is -0.107. The topological polar surface area (TPSA) is 168 Å². The molecule has 2 aromatic heterocycles. The van der Waals surface area contributed by atoms with E-state index in [1.54, 1.807) is 27.7 Å². The Labute approximate surface area is 896 Å². The molecule has 0 fully saturated rings. The summed E-state index contributed by atoms with van der Waals surface area (Å²) in [5.41, 5.74) is 27.9. The van der Waals surface area contributed by atoms with Crippen molar-refractivity contribution in [3.05, 3.63) is 551 Å². The van der Waals surface area contributed by atoms with E-state index in [0.717, 1.165) is 131 Å². The monoisotopic (exact) mass is 2210 g/mol. The average molecular weight is 2210 g/mol. The maximum atomic E-state index is 9.10. The van der Waals surface area contributed by atoms with Crippen LogP contribution >= 0.6 is 70.4 Å². The lowest BCUT2D eigenvalue weighted by Gasteiger charge is -2.31. The molecule has 146 heavy (non-hydrogen) atoms. The predicted octanol–water partition coefficient (Wildman–Crippen LogP) is 33.6. The van der Waals surface area contributed by atoms with E-state index < -0.39 is 11.2 Å². The molecule has 0 spiro atoms. The van der Waals surface area contributed by atoms with Crippen molar-refractivity contribution in [2.75, 3.05) is 19.6 Å². The molecule has 718 valence electrons. The van der Waals surface area contributed by atoms with Gasteiger partial charge in [-0.1, -0.05) is 362 Å². The Balaban J connectivity index is 0.000000142. The zero-order valence-corrected chi connectivity index (χ0v) is 87.8. The Kier molecular flexibility index (Phi) is 38.1. The van der Waals surface area contributed by atoms with Gasteiger partial charge in [0.05, 0.1) is 11.2 Å². The van der Waals surface area contributed by atoms with Crippen molar-refractivity contribution in [2.24, 2.45) is 0 Å². The van der Waals surface area contributed by atoms with Crippen LogP contribution in [-0.2, 0) is 0 Å². The van der Waals surface area contributed by atoms with Gasteiger partial charge in [0.1, 0.15) is 26.7 Å². The summed E-state index contributed by atoms with van der Waals surface area (Å²) in [4.78, 5) is 18.0. The smallest absolute Gasteiger partial charge is 0.227 e. The van der Waals surface area contributed by atoms with Crippen molar-refractivity contribution in [2.45, 2.75) is 38.9 Å². The molecule has 6 N–H and O–H groups in total. The van der Waals surface area contributed by atoms with Crippen LogP contribution in [0.5, 0.6) is 0 Å². The van der Waals surface area contributed by atoms with Crippen molar-refractivity contribution < 1.29 is 30.0 Å². The van der Waals surface area contributed by atoms with E-state index in [1.807, 2.05) is 182 Å². The third kappa shape index (κ3) is 29.3. The van der Waals surface area contributed by atoms with Gasteiger partial charge in [0, 0.05) is 96.4 Å². The number of anilines is 12. The van der Waals surface area contributed by atoms with Gasteiger partial charge in [0.15, 0.2) is 11.2 Å². The fraction of sp³-hybridized carbons (Fsp3) is 0.0469. The summed E-state index contributed by atoms with van der Waals surface area (Å²) in [7, 11) is 11.4. The molecule has 0 atom stereocenters. The highest BCUT2D eigenvalue weighted by molar-refractivity contribution is 14.1. The summed E-state index contributed by atoms with van der Waals surface area (Å²) in [6.07, 6.45) is 0. The number of nitrogens with zero attached hydrogens (tertiary/aromatic N) is 6. The second kappa shape index (κ2) is 52.3. The molecule has 0 bridgehead atoms. The highest BCUT2D eigenvalue weighted by Crippen LogP contribution is 2.42. The van der Waals surface area contributed by atoms with E-state index in [0.29, 0.717) is 11.8 Å². The summed E-state index contributed by atoms with van der Waals surface area (Å²) < 4.78 is 16.2. The number of hydrogen-bond acceptors (Lipinski definition) is 10. The first kappa shape index (κ1) is 106.